The molecule has 4 unspecified atom stereocenters. The van der Waals surface area contributed by atoms with Gasteiger partial charge in [-0.25, -0.2) is 0 Å². The normalized spacial score (nSPS) is 28.9. The zero-order chi connectivity index (χ0) is 13.8. The van der Waals surface area contributed by atoms with Gasteiger partial charge in [-0.1, -0.05) is 26.0 Å². The van der Waals surface area contributed by atoms with E-state index < -0.39 is 0 Å². The molecule has 1 N–H and O–H groups in total. The van der Waals surface area contributed by atoms with Gasteiger partial charge in [0.15, 0.2) is 6.29 Å². The highest BCUT2D eigenvalue weighted by molar-refractivity contribution is 5.28. The molecule has 4 atom stereocenters. The molecule has 0 aromatic heterocycles. The monoisotopic (exact) mass is 266 g/mol. The Kier molecular flexibility index (Phi) is 4.80. The second kappa shape index (κ2) is 6.37. The summed E-state index contributed by atoms with van der Waals surface area (Å²) in [7, 11) is 1.64. The van der Waals surface area contributed by atoms with Crippen LogP contribution in [-0.4, -0.2) is 31.5 Å². The second-order valence-electron chi connectivity index (χ2n) is 5.18. The van der Waals surface area contributed by atoms with E-state index in [-0.39, 0.29) is 30.8 Å². The average Bonchev–Trinajstić information content (AvgIpc) is 2.47. The molecule has 0 bridgehead atoms. The molecule has 1 aliphatic heterocycles. The highest BCUT2D eigenvalue weighted by Crippen LogP contribution is 2.32. The van der Waals surface area contributed by atoms with Crippen molar-refractivity contribution in [3.05, 3.63) is 29.8 Å². The summed E-state index contributed by atoms with van der Waals surface area (Å²) in [6.07, 6.45) is -0.341. The van der Waals surface area contributed by atoms with Crippen LogP contribution in [-0.2, 0) is 9.47 Å². The molecule has 4 nitrogen and oxygen atoms in total. The first-order chi connectivity index (χ1) is 9.15. The summed E-state index contributed by atoms with van der Waals surface area (Å²) in [6, 6.07) is 7.68. The molecule has 1 fully saturated rings. The summed E-state index contributed by atoms with van der Waals surface area (Å²) in [5.41, 5.74) is 0.975. The Morgan fingerprint density at radius 2 is 2.05 bits per heavy atom. The summed E-state index contributed by atoms with van der Waals surface area (Å²) >= 11 is 0. The fraction of sp³-hybridized carbons (Fsp3) is 0.600. The fourth-order valence-corrected chi connectivity index (χ4v) is 2.38. The summed E-state index contributed by atoms with van der Waals surface area (Å²) in [5.74, 6) is 1.21. The maximum Gasteiger partial charge on any atom is 0.184 e. The Hall–Kier alpha value is -1.10. The molecule has 106 valence electrons. The van der Waals surface area contributed by atoms with Crippen LogP contribution in [0.5, 0.6) is 5.75 Å². The largest absolute Gasteiger partial charge is 0.497 e. The van der Waals surface area contributed by atoms with Gasteiger partial charge >= 0.3 is 0 Å². The van der Waals surface area contributed by atoms with Gasteiger partial charge in [0.05, 0.1) is 19.8 Å². The van der Waals surface area contributed by atoms with Gasteiger partial charge in [0.25, 0.3) is 0 Å². The predicted molar refractivity (Wildman–Crippen MR) is 72.0 cm³/mol. The quantitative estimate of drug-likeness (QED) is 0.909. The zero-order valence-corrected chi connectivity index (χ0v) is 11.7. The molecule has 0 saturated carbocycles. The molecule has 1 heterocycles. The van der Waals surface area contributed by atoms with E-state index in [1.54, 1.807) is 7.11 Å². The Labute approximate surface area is 114 Å². The van der Waals surface area contributed by atoms with Crippen LogP contribution in [0.2, 0.25) is 0 Å². The van der Waals surface area contributed by atoms with Crippen LogP contribution >= 0.6 is 0 Å². The highest BCUT2D eigenvalue weighted by atomic mass is 16.7. The molecule has 1 aliphatic rings. The average molecular weight is 266 g/mol. The van der Waals surface area contributed by atoms with E-state index in [1.807, 2.05) is 31.2 Å². The van der Waals surface area contributed by atoms with Gasteiger partial charge in [0, 0.05) is 24.0 Å². The van der Waals surface area contributed by atoms with Crippen LogP contribution in [0.4, 0.5) is 0 Å². The molecule has 4 heteroatoms. The maximum absolute atomic E-state index is 9.29. The number of rotatable bonds is 4. The third-order valence-corrected chi connectivity index (χ3v) is 3.59. The van der Waals surface area contributed by atoms with E-state index in [1.165, 1.54) is 0 Å². The van der Waals surface area contributed by atoms with Crippen molar-refractivity contribution in [3.63, 3.8) is 0 Å². The Morgan fingerprint density at radius 3 is 2.63 bits per heavy atom. The van der Waals surface area contributed by atoms with Gasteiger partial charge in [-0.05, 0) is 12.1 Å². The summed E-state index contributed by atoms with van der Waals surface area (Å²) in [5, 5.41) is 9.29. The number of hydrogen-bond acceptors (Lipinski definition) is 4. The molecule has 19 heavy (non-hydrogen) atoms. The number of hydrogen-bond donors (Lipinski definition) is 1. The number of methoxy groups -OCH3 is 1. The standard InChI is InChI=1S/C15H22O4/c1-10(8-16)14-11(2)9-18-15(19-14)12-4-6-13(17-3)7-5-12/h4-7,10-11,14-16H,8-9H2,1-3H3. The van der Waals surface area contributed by atoms with Crippen LogP contribution in [0.1, 0.15) is 25.7 Å². The van der Waals surface area contributed by atoms with E-state index >= 15 is 0 Å². The third kappa shape index (κ3) is 3.26. The SMILES string of the molecule is COc1ccc(C2OCC(C)C(C(C)CO)O2)cc1. The molecule has 1 saturated heterocycles. The summed E-state index contributed by atoms with van der Waals surface area (Å²) < 4.78 is 16.9. The highest BCUT2D eigenvalue weighted by Gasteiger charge is 2.33. The molecular weight excluding hydrogens is 244 g/mol. The topological polar surface area (TPSA) is 47.9 Å². The minimum absolute atomic E-state index is 0.0193. The Balaban J connectivity index is 2.08. The first-order valence-electron chi connectivity index (χ1n) is 6.67. The Bertz CT molecular complexity index is 386. The maximum atomic E-state index is 9.29. The Morgan fingerprint density at radius 1 is 1.37 bits per heavy atom. The predicted octanol–water partition coefficient (Wildman–Crippen LogP) is 2.37. The van der Waals surface area contributed by atoms with E-state index in [0.29, 0.717) is 6.61 Å². The van der Waals surface area contributed by atoms with Crippen molar-refractivity contribution in [1.29, 1.82) is 0 Å². The first kappa shape index (κ1) is 14.3. The lowest BCUT2D eigenvalue weighted by Gasteiger charge is -2.37. The van der Waals surface area contributed by atoms with Gasteiger partial charge in [-0.3, -0.25) is 0 Å². The second-order valence-corrected chi connectivity index (χ2v) is 5.18. The van der Waals surface area contributed by atoms with Crippen LogP contribution < -0.4 is 4.74 Å². The van der Waals surface area contributed by atoms with Gasteiger partial charge in [0.2, 0.25) is 0 Å². The molecule has 0 radical (unpaired) electrons. The molecule has 1 aromatic rings. The molecule has 0 aliphatic carbocycles. The smallest absolute Gasteiger partial charge is 0.184 e. The lowest BCUT2D eigenvalue weighted by atomic mass is 9.93. The van der Waals surface area contributed by atoms with Crippen LogP contribution in [0.15, 0.2) is 24.3 Å². The number of aliphatic hydroxyl groups excluding tert-OH is 1. The zero-order valence-electron chi connectivity index (χ0n) is 11.7. The summed E-state index contributed by atoms with van der Waals surface area (Å²) in [4.78, 5) is 0. The van der Waals surface area contributed by atoms with Crippen molar-refractivity contribution in [2.75, 3.05) is 20.3 Å². The molecule has 1 aromatic carbocycles. The van der Waals surface area contributed by atoms with E-state index in [4.69, 9.17) is 14.2 Å². The molecule has 0 spiro atoms. The van der Waals surface area contributed by atoms with Crippen LogP contribution in [0, 0.1) is 11.8 Å². The van der Waals surface area contributed by atoms with E-state index in [9.17, 15) is 5.11 Å². The van der Waals surface area contributed by atoms with Gasteiger partial charge in [0.1, 0.15) is 5.75 Å². The van der Waals surface area contributed by atoms with Crippen molar-refractivity contribution < 1.29 is 19.3 Å². The third-order valence-electron chi connectivity index (χ3n) is 3.59. The lowest BCUT2D eigenvalue weighted by molar-refractivity contribution is -0.251. The molecular formula is C15H22O4. The minimum Gasteiger partial charge on any atom is -0.497 e. The van der Waals surface area contributed by atoms with E-state index in [0.717, 1.165) is 11.3 Å². The van der Waals surface area contributed by atoms with Crippen molar-refractivity contribution >= 4 is 0 Å². The van der Waals surface area contributed by atoms with Crippen molar-refractivity contribution in [2.24, 2.45) is 11.8 Å². The molecule has 0 amide bonds. The van der Waals surface area contributed by atoms with Gasteiger partial charge in [-0.15, -0.1) is 0 Å². The van der Waals surface area contributed by atoms with E-state index in [2.05, 4.69) is 6.92 Å². The summed E-state index contributed by atoms with van der Waals surface area (Å²) in [6.45, 7) is 4.86. The lowest BCUT2D eigenvalue weighted by Crippen LogP contribution is -2.40. The van der Waals surface area contributed by atoms with Crippen LogP contribution in [0.25, 0.3) is 0 Å². The fourth-order valence-electron chi connectivity index (χ4n) is 2.38. The first-order valence-corrected chi connectivity index (χ1v) is 6.67. The minimum atomic E-state index is -0.360. The molecule has 2 rings (SSSR count). The van der Waals surface area contributed by atoms with Crippen molar-refractivity contribution in [1.82, 2.24) is 0 Å². The van der Waals surface area contributed by atoms with Crippen LogP contribution in [0.3, 0.4) is 0 Å². The number of benzene rings is 1. The number of ether oxygens (including phenoxy) is 3. The van der Waals surface area contributed by atoms with Gasteiger partial charge in [-0.2, -0.15) is 0 Å². The number of aliphatic hydroxyl groups is 1. The van der Waals surface area contributed by atoms with Gasteiger partial charge < -0.3 is 19.3 Å². The van der Waals surface area contributed by atoms with Crippen molar-refractivity contribution in [2.45, 2.75) is 26.2 Å². The van der Waals surface area contributed by atoms with Crippen molar-refractivity contribution in [3.8, 4) is 5.75 Å².